The minimum atomic E-state index is -0.286. The summed E-state index contributed by atoms with van der Waals surface area (Å²) in [4.78, 5) is 23.9. The third-order valence-electron chi connectivity index (χ3n) is 4.45. The predicted molar refractivity (Wildman–Crippen MR) is 112 cm³/mol. The summed E-state index contributed by atoms with van der Waals surface area (Å²) >= 11 is 0. The van der Waals surface area contributed by atoms with E-state index in [1.807, 2.05) is 13.8 Å². The lowest BCUT2D eigenvalue weighted by Crippen LogP contribution is -2.13. The van der Waals surface area contributed by atoms with Crippen LogP contribution in [0.25, 0.3) is 0 Å². The van der Waals surface area contributed by atoms with Gasteiger partial charge in [0.25, 0.3) is 5.91 Å². The van der Waals surface area contributed by atoms with E-state index in [1.54, 1.807) is 42.5 Å². The number of ether oxygens (including phenoxy) is 2. The van der Waals surface area contributed by atoms with Crippen molar-refractivity contribution in [3.05, 3.63) is 65.0 Å². The SMILES string of the molecule is COc1ccc(NC(=O)c2ccc(OCc3c(C)noc3C)cc2)cc1NC(C)=O. The zero-order chi connectivity index (χ0) is 21.7. The lowest BCUT2D eigenvalue weighted by molar-refractivity contribution is -0.114. The van der Waals surface area contributed by atoms with Gasteiger partial charge < -0.3 is 24.6 Å². The van der Waals surface area contributed by atoms with Crippen LogP contribution >= 0.6 is 0 Å². The molecule has 0 spiro atoms. The van der Waals surface area contributed by atoms with E-state index in [0.29, 0.717) is 35.0 Å². The number of carbonyl (C=O) groups excluding carboxylic acids is 2. The van der Waals surface area contributed by atoms with Crippen LogP contribution in [0.1, 0.15) is 34.3 Å². The van der Waals surface area contributed by atoms with Crippen LogP contribution in [0, 0.1) is 13.8 Å². The van der Waals surface area contributed by atoms with Gasteiger partial charge in [-0.3, -0.25) is 9.59 Å². The van der Waals surface area contributed by atoms with Crippen molar-refractivity contribution in [3.8, 4) is 11.5 Å². The van der Waals surface area contributed by atoms with E-state index >= 15 is 0 Å². The summed E-state index contributed by atoms with van der Waals surface area (Å²) < 4.78 is 16.1. The van der Waals surface area contributed by atoms with Crippen LogP contribution in [0.15, 0.2) is 47.0 Å². The fourth-order valence-electron chi connectivity index (χ4n) is 2.84. The minimum Gasteiger partial charge on any atom is -0.495 e. The third-order valence-corrected chi connectivity index (χ3v) is 4.45. The number of aryl methyl sites for hydroxylation is 2. The van der Waals surface area contributed by atoms with Crippen molar-refractivity contribution in [2.75, 3.05) is 17.7 Å². The molecule has 0 saturated heterocycles. The normalized spacial score (nSPS) is 10.4. The second-order valence-corrected chi connectivity index (χ2v) is 6.67. The highest BCUT2D eigenvalue weighted by Gasteiger charge is 2.12. The summed E-state index contributed by atoms with van der Waals surface area (Å²) in [7, 11) is 1.51. The Morgan fingerprint density at radius 3 is 2.40 bits per heavy atom. The molecule has 1 heterocycles. The van der Waals surface area contributed by atoms with Gasteiger partial charge in [0, 0.05) is 18.2 Å². The number of amides is 2. The number of anilines is 2. The van der Waals surface area contributed by atoms with Gasteiger partial charge in [0.05, 0.1) is 24.1 Å². The van der Waals surface area contributed by atoms with E-state index in [1.165, 1.54) is 14.0 Å². The van der Waals surface area contributed by atoms with Crippen molar-refractivity contribution >= 4 is 23.2 Å². The first-order valence-electron chi connectivity index (χ1n) is 9.29. The van der Waals surface area contributed by atoms with Crippen LogP contribution in [0.3, 0.4) is 0 Å². The molecule has 8 heteroatoms. The zero-order valence-electron chi connectivity index (χ0n) is 17.2. The molecule has 156 valence electrons. The Kier molecular flexibility index (Phi) is 6.36. The maximum atomic E-state index is 12.6. The number of carbonyl (C=O) groups is 2. The fourth-order valence-corrected chi connectivity index (χ4v) is 2.84. The molecule has 2 amide bonds. The number of nitrogens with zero attached hydrogens (tertiary/aromatic N) is 1. The molecule has 3 aromatic rings. The maximum absolute atomic E-state index is 12.6. The first-order valence-corrected chi connectivity index (χ1v) is 9.29. The number of hydrogen-bond donors (Lipinski definition) is 2. The second-order valence-electron chi connectivity index (χ2n) is 6.67. The molecule has 0 unspecified atom stereocenters. The monoisotopic (exact) mass is 409 g/mol. The largest absolute Gasteiger partial charge is 0.495 e. The highest BCUT2D eigenvalue weighted by atomic mass is 16.5. The van der Waals surface area contributed by atoms with E-state index in [4.69, 9.17) is 14.0 Å². The molecule has 2 aromatic carbocycles. The summed E-state index contributed by atoms with van der Waals surface area (Å²) in [5.41, 5.74) is 3.18. The smallest absolute Gasteiger partial charge is 0.255 e. The van der Waals surface area contributed by atoms with Crippen LogP contribution in [0.4, 0.5) is 11.4 Å². The van der Waals surface area contributed by atoms with Crippen LogP contribution in [0.5, 0.6) is 11.5 Å². The van der Waals surface area contributed by atoms with E-state index in [-0.39, 0.29) is 11.8 Å². The van der Waals surface area contributed by atoms with Crippen LogP contribution < -0.4 is 20.1 Å². The molecular weight excluding hydrogens is 386 g/mol. The second kappa shape index (κ2) is 9.13. The number of benzene rings is 2. The maximum Gasteiger partial charge on any atom is 0.255 e. The van der Waals surface area contributed by atoms with E-state index < -0.39 is 0 Å². The molecule has 3 rings (SSSR count). The van der Waals surface area contributed by atoms with Crippen LogP contribution in [-0.4, -0.2) is 24.1 Å². The van der Waals surface area contributed by atoms with Gasteiger partial charge in [-0.1, -0.05) is 5.16 Å². The third kappa shape index (κ3) is 4.96. The van der Waals surface area contributed by atoms with Gasteiger partial charge in [0.15, 0.2) is 0 Å². The minimum absolute atomic E-state index is 0.232. The quantitative estimate of drug-likeness (QED) is 0.609. The number of nitrogens with one attached hydrogen (secondary N) is 2. The number of hydrogen-bond acceptors (Lipinski definition) is 6. The Labute approximate surface area is 174 Å². The van der Waals surface area contributed by atoms with Gasteiger partial charge in [-0.15, -0.1) is 0 Å². The number of aromatic nitrogens is 1. The molecule has 0 atom stereocenters. The molecule has 0 bridgehead atoms. The Morgan fingerprint density at radius 2 is 1.80 bits per heavy atom. The zero-order valence-corrected chi connectivity index (χ0v) is 17.2. The van der Waals surface area contributed by atoms with E-state index in [9.17, 15) is 9.59 Å². The Morgan fingerprint density at radius 1 is 1.07 bits per heavy atom. The molecule has 0 fully saturated rings. The lowest BCUT2D eigenvalue weighted by Gasteiger charge is -2.12. The van der Waals surface area contributed by atoms with Crippen molar-refractivity contribution in [2.45, 2.75) is 27.4 Å². The summed E-state index contributed by atoms with van der Waals surface area (Å²) in [6.45, 7) is 5.44. The Hall–Kier alpha value is -3.81. The number of rotatable bonds is 7. The van der Waals surface area contributed by atoms with Gasteiger partial charge in [-0.2, -0.15) is 0 Å². The topological polar surface area (TPSA) is 103 Å². The Balaban J connectivity index is 1.65. The standard InChI is InChI=1S/C22H23N3O5/c1-13-19(14(2)30-25-13)12-29-18-8-5-16(6-9-18)22(27)24-17-7-10-21(28-4)20(11-17)23-15(3)26/h5-11H,12H2,1-4H3,(H,23,26)(H,24,27). The van der Waals surface area contributed by atoms with Crippen LogP contribution in [0.2, 0.25) is 0 Å². The molecule has 0 saturated carbocycles. The molecule has 30 heavy (non-hydrogen) atoms. The molecular formula is C22H23N3O5. The highest BCUT2D eigenvalue weighted by Crippen LogP contribution is 2.28. The van der Waals surface area contributed by atoms with Gasteiger partial charge >= 0.3 is 0 Å². The summed E-state index contributed by atoms with van der Waals surface area (Å²) in [6, 6.07) is 11.8. The molecule has 0 aliphatic heterocycles. The van der Waals surface area contributed by atoms with Crippen molar-refractivity contribution in [2.24, 2.45) is 0 Å². The average Bonchev–Trinajstić information content (AvgIpc) is 3.04. The van der Waals surface area contributed by atoms with Crippen molar-refractivity contribution in [1.29, 1.82) is 0 Å². The summed E-state index contributed by atoms with van der Waals surface area (Å²) in [6.07, 6.45) is 0. The summed E-state index contributed by atoms with van der Waals surface area (Å²) in [5, 5.41) is 9.38. The van der Waals surface area contributed by atoms with Gasteiger partial charge in [0.1, 0.15) is 23.9 Å². The molecule has 8 nitrogen and oxygen atoms in total. The van der Waals surface area contributed by atoms with Crippen molar-refractivity contribution in [3.63, 3.8) is 0 Å². The van der Waals surface area contributed by atoms with Crippen LogP contribution in [-0.2, 0) is 11.4 Å². The van der Waals surface area contributed by atoms with Gasteiger partial charge in [0.2, 0.25) is 5.91 Å². The number of methoxy groups -OCH3 is 1. The Bertz CT molecular complexity index is 1040. The summed E-state index contributed by atoms with van der Waals surface area (Å²) in [5.74, 6) is 1.34. The molecule has 1 aromatic heterocycles. The molecule has 0 aliphatic carbocycles. The fraction of sp³-hybridized carbons (Fsp3) is 0.227. The lowest BCUT2D eigenvalue weighted by atomic mass is 10.2. The molecule has 2 N–H and O–H groups in total. The van der Waals surface area contributed by atoms with Crippen molar-refractivity contribution < 1.29 is 23.6 Å². The highest BCUT2D eigenvalue weighted by molar-refractivity contribution is 6.05. The molecule has 0 radical (unpaired) electrons. The van der Waals surface area contributed by atoms with E-state index in [0.717, 1.165) is 17.0 Å². The van der Waals surface area contributed by atoms with Gasteiger partial charge in [-0.25, -0.2) is 0 Å². The van der Waals surface area contributed by atoms with Gasteiger partial charge in [-0.05, 0) is 56.3 Å². The van der Waals surface area contributed by atoms with E-state index in [2.05, 4.69) is 15.8 Å². The first-order chi connectivity index (χ1) is 14.4. The predicted octanol–water partition coefficient (Wildman–Crippen LogP) is 4.09. The first kappa shape index (κ1) is 20.9. The average molecular weight is 409 g/mol. The van der Waals surface area contributed by atoms with Crippen molar-refractivity contribution in [1.82, 2.24) is 5.16 Å². The molecule has 0 aliphatic rings.